The highest BCUT2D eigenvalue weighted by Gasteiger charge is 2.49. The van der Waals surface area contributed by atoms with Gasteiger partial charge < -0.3 is 24.4 Å². The molecule has 1 N–H and O–H groups in total. The van der Waals surface area contributed by atoms with E-state index in [1.54, 1.807) is 59.4 Å². The number of Topliss-reactive ketones (excluding diaryl/α,β-unsaturated/α-hetero) is 1. The summed E-state index contributed by atoms with van der Waals surface area (Å²) < 4.78 is 11.1. The summed E-state index contributed by atoms with van der Waals surface area (Å²) in [4.78, 5) is 46.5. The number of carbonyl (C=O) groups is 3. The highest BCUT2D eigenvalue weighted by atomic mass is 16.6. The molecule has 1 unspecified atom stereocenters. The van der Waals surface area contributed by atoms with E-state index in [1.165, 1.54) is 0 Å². The van der Waals surface area contributed by atoms with E-state index < -0.39 is 17.7 Å². The van der Waals surface area contributed by atoms with Crippen LogP contribution < -0.4 is 4.74 Å². The van der Waals surface area contributed by atoms with Crippen molar-refractivity contribution >= 4 is 23.5 Å². The summed E-state index contributed by atoms with van der Waals surface area (Å²) in [7, 11) is 0. The Bertz CT molecular complexity index is 1450. The predicted molar refractivity (Wildman–Crippen MR) is 152 cm³/mol. The lowest BCUT2D eigenvalue weighted by Crippen LogP contribution is -2.48. The van der Waals surface area contributed by atoms with Gasteiger partial charge in [-0.25, -0.2) is 4.79 Å². The summed E-state index contributed by atoms with van der Waals surface area (Å²) in [6.07, 6.45) is 3.80. The van der Waals surface area contributed by atoms with Crippen LogP contribution in [0.5, 0.6) is 5.75 Å². The van der Waals surface area contributed by atoms with Gasteiger partial charge in [0.25, 0.3) is 11.7 Å². The Morgan fingerprint density at radius 2 is 1.80 bits per heavy atom. The van der Waals surface area contributed by atoms with Crippen LogP contribution in [0.2, 0.25) is 0 Å². The maximum atomic E-state index is 13.5. The van der Waals surface area contributed by atoms with E-state index in [4.69, 9.17) is 9.47 Å². The van der Waals surface area contributed by atoms with Crippen LogP contribution >= 0.6 is 0 Å². The molecule has 41 heavy (non-hydrogen) atoms. The number of ether oxygens (including phenoxy) is 2. The molecule has 1 aromatic heterocycles. The fourth-order valence-electron chi connectivity index (χ4n) is 5.48. The van der Waals surface area contributed by atoms with Crippen LogP contribution in [-0.4, -0.2) is 63.4 Å². The number of hydrogen-bond donors (Lipinski definition) is 1. The molecule has 5 rings (SSSR count). The third-order valence-electron chi connectivity index (χ3n) is 7.55. The lowest BCUT2D eigenvalue weighted by Gasteiger charge is -2.38. The molecule has 1 atom stereocenters. The third kappa shape index (κ3) is 5.79. The zero-order valence-electron chi connectivity index (χ0n) is 23.2. The van der Waals surface area contributed by atoms with Crippen LogP contribution in [0.15, 0.2) is 78.6 Å². The molecule has 212 valence electrons. The Kier molecular flexibility index (Phi) is 8.33. The van der Waals surface area contributed by atoms with Crippen molar-refractivity contribution in [2.24, 2.45) is 0 Å². The molecule has 2 amide bonds. The van der Waals surface area contributed by atoms with Crippen molar-refractivity contribution in [2.75, 3.05) is 19.7 Å². The molecule has 0 radical (unpaired) electrons. The van der Waals surface area contributed by atoms with Crippen molar-refractivity contribution in [2.45, 2.75) is 45.4 Å². The molecule has 2 aliphatic heterocycles. The molecule has 3 aromatic rings. The van der Waals surface area contributed by atoms with Crippen molar-refractivity contribution < 1.29 is 29.0 Å². The van der Waals surface area contributed by atoms with Gasteiger partial charge in [-0.15, -0.1) is 0 Å². The van der Waals surface area contributed by atoms with Gasteiger partial charge in [0.05, 0.1) is 18.2 Å². The molecular formula is C32H33N3O6. The van der Waals surface area contributed by atoms with Crippen LogP contribution in [0.1, 0.15) is 48.1 Å². The number of aromatic nitrogens is 1. The molecule has 2 aliphatic rings. The number of rotatable bonds is 7. The third-order valence-corrected chi connectivity index (χ3v) is 7.55. The number of aryl methyl sites for hydroxylation is 1. The number of amides is 2. The summed E-state index contributed by atoms with van der Waals surface area (Å²) >= 11 is 0. The molecule has 0 aliphatic carbocycles. The number of benzene rings is 2. The van der Waals surface area contributed by atoms with E-state index in [2.05, 4.69) is 4.98 Å². The number of carbonyl (C=O) groups excluding carboxylic acids is 3. The summed E-state index contributed by atoms with van der Waals surface area (Å²) in [5.74, 6) is -1.01. The summed E-state index contributed by atoms with van der Waals surface area (Å²) in [6, 6.07) is 17.4. The van der Waals surface area contributed by atoms with Gasteiger partial charge in [0.1, 0.15) is 18.1 Å². The zero-order valence-corrected chi connectivity index (χ0v) is 23.2. The van der Waals surface area contributed by atoms with Gasteiger partial charge in [-0.3, -0.25) is 14.6 Å². The average Bonchev–Trinajstić information content (AvgIpc) is 3.27. The first-order valence-corrected chi connectivity index (χ1v) is 13.8. The molecule has 2 saturated heterocycles. The van der Waals surface area contributed by atoms with E-state index in [1.807, 2.05) is 37.3 Å². The lowest BCUT2D eigenvalue weighted by atomic mass is 9.94. The number of nitrogens with zero attached hydrogens (tertiary/aromatic N) is 3. The highest BCUT2D eigenvalue weighted by molar-refractivity contribution is 6.46. The van der Waals surface area contributed by atoms with Crippen molar-refractivity contribution in [1.29, 1.82) is 0 Å². The number of hydrogen-bond acceptors (Lipinski definition) is 7. The van der Waals surface area contributed by atoms with Crippen LogP contribution in [0, 0.1) is 6.92 Å². The summed E-state index contributed by atoms with van der Waals surface area (Å²) in [5, 5.41) is 11.5. The Morgan fingerprint density at radius 3 is 2.46 bits per heavy atom. The normalized spacial score (nSPS) is 18.9. The minimum absolute atomic E-state index is 0.0215. The highest BCUT2D eigenvalue weighted by Crippen LogP contribution is 2.42. The molecule has 0 spiro atoms. The quantitative estimate of drug-likeness (QED) is 0.248. The van der Waals surface area contributed by atoms with Gasteiger partial charge >= 0.3 is 6.09 Å². The molecule has 2 fully saturated rings. The number of aliphatic hydroxyl groups excluding tert-OH is 1. The van der Waals surface area contributed by atoms with E-state index >= 15 is 0 Å². The van der Waals surface area contributed by atoms with E-state index in [-0.39, 0.29) is 30.1 Å². The van der Waals surface area contributed by atoms with Gasteiger partial charge in [0, 0.05) is 37.1 Å². The van der Waals surface area contributed by atoms with Crippen LogP contribution in [0.4, 0.5) is 4.79 Å². The van der Waals surface area contributed by atoms with E-state index in [0.717, 1.165) is 11.1 Å². The van der Waals surface area contributed by atoms with Gasteiger partial charge in [-0.05, 0) is 67.6 Å². The standard InChI is InChI=1S/C32H33N3O6/c1-3-40-32(39)34-16-13-25(14-17-34)35-28(24-10-7-15-33-19-24)27(30(37)31(35)38)29(36)23-11-12-26(21(2)18-23)41-20-22-8-5-4-6-9-22/h4-12,15,18-19,25,28,36H,3,13-14,16-17,20H2,1-2H3/b29-27+. The maximum absolute atomic E-state index is 13.5. The Hall–Kier alpha value is -4.66. The average molecular weight is 556 g/mol. The second kappa shape index (κ2) is 12.2. The van der Waals surface area contributed by atoms with E-state index in [0.29, 0.717) is 49.4 Å². The first kappa shape index (κ1) is 27.9. The van der Waals surface area contributed by atoms with Crippen LogP contribution in [0.25, 0.3) is 5.76 Å². The predicted octanol–water partition coefficient (Wildman–Crippen LogP) is 5.01. The molecule has 9 heteroatoms. The number of likely N-dealkylation sites (tertiary alicyclic amines) is 2. The van der Waals surface area contributed by atoms with Gasteiger partial charge in [-0.1, -0.05) is 36.4 Å². The number of piperidine rings is 1. The van der Waals surface area contributed by atoms with Crippen LogP contribution in [-0.2, 0) is 20.9 Å². The minimum atomic E-state index is -0.808. The fraction of sp³-hybridized carbons (Fsp3) is 0.312. The van der Waals surface area contributed by atoms with Gasteiger partial charge in [-0.2, -0.15) is 0 Å². The van der Waals surface area contributed by atoms with Crippen molar-refractivity contribution in [3.63, 3.8) is 0 Å². The largest absolute Gasteiger partial charge is 0.507 e. The smallest absolute Gasteiger partial charge is 0.409 e. The molecule has 3 heterocycles. The first-order valence-electron chi connectivity index (χ1n) is 13.8. The van der Waals surface area contributed by atoms with Crippen molar-refractivity contribution in [3.05, 3.63) is 101 Å². The van der Waals surface area contributed by atoms with E-state index in [9.17, 15) is 19.5 Å². The first-order chi connectivity index (χ1) is 19.9. The topological polar surface area (TPSA) is 109 Å². The number of ketones is 1. The molecular weight excluding hydrogens is 522 g/mol. The molecule has 0 bridgehead atoms. The molecule has 9 nitrogen and oxygen atoms in total. The van der Waals surface area contributed by atoms with Crippen molar-refractivity contribution in [3.8, 4) is 5.75 Å². The number of pyridine rings is 1. The summed E-state index contributed by atoms with van der Waals surface area (Å²) in [5.41, 5.74) is 2.87. The Labute approximate surface area is 239 Å². The SMILES string of the molecule is CCOC(=O)N1CCC(N2C(=O)C(=O)/C(=C(/O)c3ccc(OCc4ccccc4)c(C)c3)C2c2cccnc2)CC1. The Morgan fingerprint density at radius 1 is 1.05 bits per heavy atom. The van der Waals surface area contributed by atoms with Gasteiger partial charge in [0.15, 0.2) is 0 Å². The maximum Gasteiger partial charge on any atom is 0.409 e. The second-order valence-electron chi connectivity index (χ2n) is 10.2. The monoisotopic (exact) mass is 555 g/mol. The zero-order chi connectivity index (χ0) is 28.9. The summed E-state index contributed by atoms with van der Waals surface area (Å²) in [6.45, 7) is 5.10. The minimum Gasteiger partial charge on any atom is -0.507 e. The second-order valence-corrected chi connectivity index (χ2v) is 10.2. The van der Waals surface area contributed by atoms with Crippen molar-refractivity contribution in [1.82, 2.24) is 14.8 Å². The Balaban J connectivity index is 1.44. The van der Waals surface area contributed by atoms with Gasteiger partial charge in [0.2, 0.25) is 0 Å². The lowest BCUT2D eigenvalue weighted by molar-refractivity contribution is -0.142. The molecule has 2 aromatic carbocycles. The molecule has 0 saturated carbocycles. The fourth-order valence-corrected chi connectivity index (χ4v) is 5.48. The van der Waals surface area contributed by atoms with Crippen LogP contribution in [0.3, 0.4) is 0 Å². The number of aliphatic hydroxyl groups is 1.